The molecule has 0 aliphatic rings. The van der Waals surface area contributed by atoms with Crippen LogP contribution in [-0.4, -0.2) is 25.7 Å². The maximum atomic E-state index is 4.88. The van der Waals surface area contributed by atoms with Crippen LogP contribution >= 0.6 is 34.7 Å². The Morgan fingerprint density at radius 2 is 1.14 bits per heavy atom. The molecule has 0 spiro atoms. The molecule has 0 radical (unpaired) electrons. The first-order valence-electron chi connectivity index (χ1n) is 6.77. The van der Waals surface area contributed by atoms with Crippen LogP contribution in [0.25, 0.3) is 0 Å². The van der Waals surface area contributed by atoms with Gasteiger partial charge in [-0.25, -0.2) is 0 Å². The maximum absolute atomic E-state index is 4.88. The molecule has 0 aliphatic carbocycles. The van der Waals surface area contributed by atoms with Crippen molar-refractivity contribution in [2.75, 3.05) is 25.7 Å². The second-order valence-electron chi connectivity index (χ2n) is 4.96. The van der Waals surface area contributed by atoms with E-state index in [1.165, 1.54) is 12.3 Å². The molecular weight excluding hydrogens is 520 g/mol. The Morgan fingerprint density at radius 3 is 1.48 bits per heavy atom. The van der Waals surface area contributed by atoms with Gasteiger partial charge >= 0.3 is 35.3 Å². The van der Waals surface area contributed by atoms with Gasteiger partial charge in [0.1, 0.15) is 0 Å². The van der Waals surface area contributed by atoms with Gasteiger partial charge in [-0.3, -0.25) is 0 Å². The molecular formula is C16H22Cl2P2Pt+2. The van der Waals surface area contributed by atoms with Crippen LogP contribution < -0.4 is 10.6 Å². The molecule has 5 heteroatoms. The summed E-state index contributed by atoms with van der Waals surface area (Å²) in [6.07, 6.45) is 2.79. The average molecular weight is 542 g/mol. The number of benzene rings is 2. The van der Waals surface area contributed by atoms with E-state index in [1.54, 1.807) is 10.6 Å². The molecule has 0 heterocycles. The van der Waals surface area contributed by atoms with E-state index < -0.39 is 24.4 Å². The molecule has 2 aromatic carbocycles. The van der Waals surface area contributed by atoms with Gasteiger partial charge in [-0.15, -0.1) is 0 Å². The van der Waals surface area contributed by atoms with Crippen LogP contribution in [-0.2, 0) is 16.5 Å². The Balaban J connectivity index is 0.000000677. The summed E-state index contributed by atoms with van der Waals surface area (Å²) in [6, 6.07) is 22.1. The van der Waals surface area contributed by atoms with Gasteiger partial charge in [-0.2, -0.15) is 0 Å². The summed E-state index contributed by atoms with van der Waals surface area (Å²) in [5.74, 6) is 0. The minimum absolute atomic E-state index is 0.118. The third-order valence-electron chi connectivity index (χ3n) is 3.12. The summed E-state index contributed by atoms with van der Waals surface area (Å²) >= 11 is -0.472. The summed E-state index contributed by atoms with van der Waals surface area (Å²) in [4.78, 5) is 0. The first kappa shape index (κ1) is 19.6. The summed E-state index contributed by atoms with van der Waals surface area (Å²) < 4.78 is 0. The second-order valence-corrected chi connectivity index (χ2v) is 13.8. The van der Waals surface area contributed by atoms with Gasteiger partial charge in [-0.1, -0.05) is 36.4 Å². The average Bonchev–Trinajstić information content (AvgIpc) is 2.50. The Labute approximate surface area is 147 Å². The molecule has 2 rings (SSSR count). The van der Waals surface area contributed by atoms with Crippen molar-refractivity contribution in [3.05, 3.63) is 60.7 Å². The van der Waals surface area contributed by atoms with Crippen LogP contribution in [0.15, 0.2) is 60.7 Å². The first-order valence-corrected chi connectivity index (χ1v) is 16.8. The van der Waals surface area contributed by atoms with Crippen molar-refractivity contribution in [2.45, 2.75) is 0 Å². The zero-order valence-electron chi connectivity index (χ0n) is 12.3. The van der Waals surface area contributed by atoms with Gasteiger partial charge in [0.05, 0.1) is 30.9 Å². The summed E-state index contributed by atoms with van der Waals surface area (Å²) in [5.41, 5.74) is 0. The van der Waals surface area contributed by atoms with Crippen LogP contribution in [0.1, 0.15) is 0 Å². The Bertz CT molecular complexity index is 441. The number of halogens is 2. The van der Waals surface area contributed by atoms with E-state index in [9.17, 15) is 0 Å². The van der Waals surface area contributed by atoms with E-state index in [0.717, 1.165) is 0 Å². The van der Waals surface area contributed by atoms with Crippen LogP contribution in [0.4, 0.5) is 0 Å². The predicted octanol–water partition coefficient (Wildman–Crippen LogP) is 4.70. The molecule has 21 heavy (non-hydrogen) atoms. The normalized spacial score (nSPS) is 10.6. The molecule has 2 aromatic rings. The van der Waals surface area contributed by atoms with Gasteiger partial charge in [0, 0.05) is 13.3 Å². The SMILES string of the molecule is C[PH+](C)CC[PH+](c1ccccc1)c1ccccc1.[Cl][Pt][Cl]. The predicted molar refractivity (Wildman–Crippen MR) is 102 cm³/mol. The number of hydrogen-bond acceptors (Lipinski definition) is 0. The molecule has 0 atom stereocenters. The summed E-state index contributed by atoms with van der Waals surface area (Å²) in [7, 11) is 9.06. The van der Waals surface area contributed by atoms with Gasteiger partial charge in [0.25, 0.3) is 0 Å². The van der Waals surface area contributed by atoms with Crippen LogP contribution in [0.5, 0.6) is 0 Å². The van der Waals surface area contributed by atoms with Gasteiger partial charge in [-0.05, 0) is 32.2 Å². The monoisotopic (exact) mass is 541 g/mol. The van der Waals surface area contributed by atoms with E-state index in [1.807, 2.05) is 0 Å². The molecule has 0 bridgehead atoms. The number of hydrogen-bond donors (Lipinski definition) is 0. The zero-order chi connectivity index (χ0) is 15.5. The van der Waals surface area contributed by atoms with E-state index in [2.05, 4.69) is 74.0 Å². The van der Waals surface area contributed by atoms with Crippen molar-refractivity contribution in [3.63, 3.8) is 0 Å². The minimum atomic E-state index is -0.569. The van der Waals surface area contributed by atoms with E-state index in [4.69, 9.17) is 18.8 Å². The molecule has 0 unspecified atom stereocenters. The van der Waals surface area contributed by atoms with Crippen LogP contribution in [0.3, 0.4) is 0 Å². The zero-order valence-corrected chi connectivity index (χ0v) is 18.0. The summed E-state index contributed by atoms with van der Waals surface area (Å²) in [6.45, 7) is 4.83. The summed E-state index contributed by atoms with van der Waals surface area (Å²) in [5, 5.41) is 3.11. The van der Waals surface area contributed by atoms with E-state index in [-0.39, 0.29) is 7.92 Å². The van der Waals surface area contributed by atoms with Gasteiger partial charge < -0.3 is 0 Å². The first-order chi connectivity index (χ1) is 10.2. The van der Waals surface area contributed by atoms with Crippen molar-refractivity contribution < 1.29 is 16.5 Å². The van der Waals surface area contributed by atoms with E-state index in [0.29, 0.717) is 0 Å². The fourth-order valence-electron chi connectivity index (χ4n) is 2.11. The van der Waals surface area contributed by atoms with Crippen molar-refractivity contribution in [1.29, 1.82) is 0 Å². The van der Waals surface area contributed by atoms with Gasteiger partial charge in [0.15, 0.2) is 0 Å². The Morgan fingerprint density at radius 1 is 0.762 bits per heavy atom. The third-order valence-corrected chi connectivity index (χ3v) is 7.68. The van der Waals surface area contributed by atoms with Crippen LogP contribution in [0.2, 0.25) is 0 Å². The van der Waals surface area contributed by atoms with E-state index >= 15 is 0 Å². The molecule has 0 aliphatic heterocycles. The molecule has 118 valence electrons. The van der Waals surface area contributed by atoms with Crippen molar-refractivity contribution >= 4 is 45.3 Å². The fraction of sp³-hybridized carbons (Fsp3) is 0.250. The fourth-order valence-corrected chi connectivity index (χ4v) is 7.21. The topological polar surface area (TPSA) is 0 Å². The van der Waals surface area contributed by atoms with Crippen molar-refractivity contribution in [2.24, 2.45) is 0 Å². The molecule has 0 fully saturated rings. The Kier molecular flexibility index (Phi) is 11.3. The standard InChI is InChI=1S/C16H20P2.2ClH.Pt/c1-17(2)13-14-18(15-9-5-3-6-10-15)16-11-7-4-8-12-16;;;/h3-12H,13-14H2,1-2H3;2*1H;/q;;;+2. The Hall–Kier alpha value is 0.568. The second kappa shape index (κ2) is 12.0. The molecule has 0 amide bonds. The molecule has 0 saturated heterocycles. The van der Waals surface area contributed by atoms with Crippen LogP contribution in [0, 0.1) is 0 Å². The molecule has 0 saturated carbocycles. The third kappa shape index (κ3) is 8.11. The molecule has 0 nitrogen and oxygen atoms in total. The van der Waals surface area contributed by atoms with Crippen molar-refractivity contribution in [3.8, 4) is 0 Å². The molecule has 0 aromatic heterocycles. The molecule has 0 N–H and O–H groups in total. The van der Waals surface area contributed by atoms with Gasteiger partial charge in [0.2, 0.25) is 0 Å². The quantitative estimate of drug-likeness (QED) is 0.481. The van der Waals surface area contributed by atoms with Crippen molar-refractivity contribution in [1.82, 2.24) is 0 Å². The number of rotatable bonds is 5.